The first kappa shape index (κ1) is 51.8. The largest absolute Gasteiger partial charge is 0.494 e. The molecule has 2 unspecified atom stereocenters. The number of piperidine rings is 2. The van der Waals surface area contributed by atoms with E-state index in [0.717, 1.165) is 87.3 Å². The fourth-order valence-electron chi connectivity index (χ4n) is 9.58. The van der Waals surface area contributed by atoms with Gasteiger partial charge in [-0.2, -0.15) is 5.10 Å². The summed E-state index contributed by atoms with van der Waals surface area (Å²) in [4.78, 5) is 60.4. The van der Waals surface area contributed by atoms with Crippen molar-refractivity contribution in [3.05, 3.63) is 119 Å². The number of fused-ring (bicyclic) bond motifs is 1. The Morgan fingerprint density at radius 1 is 0.792 bits per heavy atom. The molecule has 382 valence electrons. The Hall–Kier alpha value is -6.53. The van der Waals surface area contributed by atoms with E-state index >= 15 is 0 Å². The predicted octanol–water partition coefficient (Wildman–Crippen LogP) is 7.66. The molecule has 8 rings (SSSR count). The number of aromatic amines is 1. The zero-order valence-electron chi connectivity index (χ0n) is 41.4. The summed E-state index contributed by atoms with van der Waals surface area (Å²) in [6.45, 7) is 8.28. The molecule has 0 bridgehead atoms. The van der Waals surface area contributed by atoms with Gasteiger partial charge in [-0.25, -0.2) is 4.98 Å². The number of amides is 4. The Balaban J connectivity index is 0.627. The van der Waals surface area contributed by atoms with Crippen LogP contribution in [0.1, 0.15) is 123 Å². The summed E-state index contributed by atoms with van der Waals surface area (Å²) in [5, 5.41) is 20.5. The normalized spacial score (nSPS) is 16.8. The summed E-state index contributed by atoms with van der Waals surface area (Å²) in [6, 6.07) is 25.5. The van der Waals surface area contributed by atoms with E-state index in [4.69, 9.17) is 23.9 Å². The van der Waals surface area contributed by atoms with Crippen molar-refractivity contribution in [3.63, 3.8) is 0 Å². The van der Waals surface area contributed by atoms with Crippen molar-refractivity contribution < 1.29 is 38.1 Å². The van der Waals surface area contributed by atoms with Gasteiger partial charge in [-0.15, -0.1) is 0 Å². The molecule has 17 heteroatoms. The van der Waals surface area contributed by atoms with Crippen LogP contribution in [0.3, 0.4) is 0 Å². The fourth-order valence-corrected chi connectivity index (χ4v) is 9.58. The molecule has 17 nitrogen and oxygen atoms in total. The molecule has 5 heterocycles. The highest BCUT2D eigenvalue weighted by Gasteiger charge is 2.40. The molecule has 0 spiro atoms. The van der Waals surface area contributed by atoms with Gasteiger partial charge in [0.2, 0.25) is 17.7 Å². The van der Waals surface area contributed by atoms with Gasteiger partial charge in [-0.05, 0) is 124 Å². The minimum Gasteiger partial charge on any atom is -0.494 e. The molecule has 2 atom stereocenters. The van der Waals surface area contributed by atoms with Crippen LogP contribution in [0, 0.1) is 0 Å². The molecular weight excluding hydrogens is 915 g/mol. The van der Waals surface area contributed by atoms with E-state index in [0.29, 0.717) is 81.7 Å². The van der Waals surface area contributed by atoms with Crippen molar-refractivity contribution >= 4 is 35.0 Å². The van der Waals surface area contributed by atoms with Crippen LogP contribution in [-0.2, 0) is 40.7 Å². The second kappa shape index (κ2) is 26.2. The lowest BCUT2D eigenvalue weighted by Crippen LogP contribution is -2.52. The number of nitrogens with zero attached hydrogens (tertiary/aromatic N) is 4. The quantitative estimate of drug-likeness (QED) is 0.0241. The molecule has 5 N–H and O–H groups in total. The van der Waals surface area contributed by atoms with Crippen molar-refractivity contribution in [2.45, 2.75) is 108 Å². The van der Waals surface area contributed by atoms with Gasteiger partial charge in [-0.1, -0.05) is 50.1 Å². The number of hydrogen-bond donors (Lipinski definition) is 5. The maximum atomic E-state index is 13.1. The first-order valence-corrected chi connectivity index (χ1v) is 25.7. The number of benzene rings is 3. The minimum atomic E-state index is -0.701. The fraction of sp³-hybridized carbons (Fsp3) is 0.473. The maximum absolute atomic E-state index is 13.1. The number of nitrogens with one attached hydrogen (secondary N) is 5. The summed E-state index contributed by atoms with van der Waals surface area (Å²) in [5.41, 5.74) is 5.79. The van der Waals surface area contributed by atoms with Crippen molar-refractivity contribution in [1.82, 2.24) is 35.7 Å². The smallest absolute Gasteiger partial charge is 0.255 e. The van der Waals surface area contributed by atoms with Gasteiger partial charge in [0.05, 0.1) is 38.6 Å². The van der Waals surface area contributed by atoms with Gasteiger partial charge in [0.15, 0.2) is 11.6 Å². The van der Waals surface area contributed by atoms with Crippen LogP contribution in [0.5, 0.6) is 5.75 Å². The SMILES string of the molecule is CC(c1cccc(NC2(c3nc(-c4ccncc4)n[nH]3)CCNCC2)c1)c1cccc(OCCCCCCOCCOCCOCCCCCC(=O)Nc2cccc3c2CN(C2CCC(=O)NC2=O)C3=O)c1. The summed E-state index contributed by atoms with van der Waals surface area (Å²) in [7, 11) is 0. The molecule has 0 aliphatic carbocycles. The van der Waals surface area contributed by atoms with E-state index < -0.39 is 11.9 Å². The maximum Gasteiger partial charge on any atom is 0.255 e. The third kappa shape index (κ3) is 14.1. The van der Waals surface area contributed by atoms with Crippen molar-refractivity contribution in [1.29, 1.82) is 0 Å². The molecule has 72 heavy (non-hydrogen) atoms. The molecule has 3 aromatic carbocycles. The van der Waals surface area contributed by atoms with Crippen LogP contribution in [-0.4, -0.2) is 114 Å². The van der Waals surface area contributed by atoms with Gasteiger partial charge in [-0.3, -0.25) is 34.6 Å². The highest BCUT2D eigenvalue weighted by atomic mass is 16.5. The van der Waals surface area contributed by atoms with E-state index in [2.05, 4.69) is 85.8 Å². The topological polar surface area (TPSA) is 211 Å². The second-order valence-electron chi connectivity index (χ2n) is 18.8. The van der Waals surface area contributed by atoms with Crippen LogP contribution in [0.15, 0.2) is 91.3 Å². The second-order valence-corrected chi connectivity index (χ2v) is 18.8. The van der Waals surface area contributed by atoms with Crippen LogP contribution in [0.2, 0.25) is 0 Å². The lowest BCUT2D eigenvalue weighted by atomic mass is 9.86. The molecule has 3 aliphatic rings. The molecule has 2 fully saturated rings. The highest BCUT2D eigenvalue weighted by molar-refractivity contribution is 6.06. The van der Waals surface area contributed by atoms with Crippen LogP contribution in [0.4, 0.5) is 11.4 Å². The van der Waals surface area contributed by atoms with Gasteiger partial charge in [0, 0.05) is 79.0 Å². The Kier molecular flexibility index (Phi) is 18.9. The summed E-state index contributed by atoms with van der Waals surface area (Å²) in [6.07, 6.45) is 12.6. The van der Waals surface area contributed by atoms with Crippen molar-refractivity contribution in [3.8, 4) is 17.1 Å². The van der Waals surface area contributed by atoms with Crippen molar-refractivity contribution in [2.24, 2.45) is 0 Å². The van der Waals surface area contributed by atoms with Gasteiger partial charge in [0.25, 0.3) is 5.91 Å². The standard InChI is InChI=1S/C55H69N9O8/c1-39(41-12-9-14-43(36-41)61-55(23-27-57-28-24-55)54-60-51(62-63-54)40-21-25-56-26-22-40)42-13-10-15-44(37-42)72-31-8-3-2-6-29-69-32-34-71-35-33-70-30-7-4-5-18-49(65)58-47-17-11-16-45-46(47)38-64(53(45)68)48-19-20-50(66)59-52(48)67/h9-17,21-22,25-26,36-37,39,48,57,61H,2-8,18-20,23-24,27-35,38H2,1H3,(H,58,65)(H,59,66,67)(H,60,62,63). The number of hydrogen-bond acceptors (Lipinski definition) is 13. The van der Waals surface area contributed by atoms with Crippen LogP contribution >= 0.6 is 0 Å². The number of anilines is 2. The molecule has 5 aromatic rings. The number of carbonyl (C=O) groups excluding carboxylic acids is 4. The molecule has 0 radical (unpaired) electrons. The molecular formula is C55H69N9O8. The zero-order valence-corrected chi connectivity index (χ0v) is 41.4. The molecule has 0 saturated carbocycles. The van der Waals surface area contributed by atoms with Gasteiger partial charge in [0.1, 0.15) is 11.8 Å². The third-order valence-electron chi connectivity index (χ3n) is 13.7. The van der Waals surface area contributed by atoms with Crippen LogP contribution < -0.4 is 26.0 Å². The predicted molar refractivity (Wildman–Crippen MR) is 273 cm³/mol. The van der Waals surface area contributed by atoms with E-state index in [-0.39, 0.29) is 48.6 Å². The number of ether oxygens (including phenoxy) is 4. The average molecular weight is 984 g/mol. The van der Waals surface area contributed by atoms with Crippen LogP contribution in [0.25, 0.3) is 11.4 Å². The third-order valence-corrected chi connectivity index (χ3v) is 13.7. The molecule has 2 aromatic heterocycles. The Bertz CT molecular complexity index is 2570. The highest BCUT2D eigenvalue weighted by Crippen LogP contribution is 2.36. The van der Waals surface area contributed by atoms with E-state index in [1.54, 1.807) is 30.6 Å². The number of carbonyl (C=O) groups is 4. The summed E-state index contributed by atoms with van der Waals surface area (Å²) in [5.74, 6) is 1.40. The Morgan fingerprint density at radius 2 is 1.47 bits per heavy atom. The molecule has 3 aliphatic heterocycles. The summed E-state index contributed by atoms with van der Waals surface area (Å²) < 4.78 is 23.3. The number of imide groups is 1. The van der Waals surface area contributed by atoms with E-state index in [1.807, 2.05) is 18.2 Å². The van der Waals surface area contributed by atoms with Gasteiger partial charge < -0.3 is 39.8 Å². The zero-order chi connectivity index (χ0) is 50.0. The summed E-state index contributed by atoms with van der Waals surface area (Å²) >= 11 is 0. The monoisotopic (exact) mass is 984 g/mol. The lowest BCUT2D eigenvalue weighted by molar-refractivity contribution is -0.137. The number of aromatic nitrogens is 4. The first-order chi connectivity index (χ1) is 35.3. The van der Waals surface area contributed by atoms with E-state index in [9.17, 15) is 19.2 Å². The lowest BCUT2D eigenvalue weighted by Gasteiger charge is -2.37. The number of pyridine rings is 1. The van der Waals surface area contributed by atoms with E-state index in [1.165, 1.54) is 16.0 Å². The number of unbranched alkanes of at least 4 members (excludes halogenated alkanes) is 5. The molecule has 2 saturated heterocycles. The number of H-pyrrole nitrogens is 1. The van der Waals surface area contributed by atoms with Gasteiger partial charge >= 0.3 is 0 Å². The minimum absolute atomic E-state index is 0.128. The Morgan fingerprint density at radius 3 is 2.22 bits per heavy atom. The van der Waals surface area contributed by atoms with Crippen molar-refractivity contribution in [2.75, 3.05) is 70.0 Å². The molecule has 4 amide bonds. The first-order valence-electron chi connectivity index (χ1n) is 25.7. The number of rotatable bonds is 28. The average Bonchev–Trinajstić information content (AvgIpc) is 4.04. The Labute approximate surface area is 421 Å².